The molecule has 25 heavy (non-hydrogen) atoms. The van der Waals surface area contributed by atoms with Gasteiger partial charge >= 0.3 is 0 Å². The lowest BCUT2D eigenvalue weighted by atomic mass is 9.96. The van der Waals surface area contributed by atoms with E-state index in [-0.39, 0.29) is 15.8 Å². The van der Waals surface area contributed by atoms with E-state index >= 15 is 0 Å². The zero-order valence-corrected chi connectivity index (χ0v) is 15.0. The number of sulfonamides is 1. The molecule has 2 aliphatic heterocycles. The summed E-state index contributed by atoms with van der Waals surface area (Å²) in [7, 11) is -3.67. The third-order valence-corrected chi connectivity index (χ3v) is 7.02. The number of nitrogens with zero attached hydrogens (tertiary/aromatic N) is 1. The number of halogens is 2. The van der Waals surface area contributed by atoms with Crippen LogP contribution in [0.25, 0.3) is 0 Å². The summed E-state index contributed by atoms with van der Waals surface area (Å²) in [6.07, 6.45) is 1.65. The standard InChI is InChI=1S/C18H17ClFNO3S/c19-16-10-15(2-3-17(16)20)25(22,23)21-7-5-14(11-21)12-1-4-18-13(9-12)6-8-24-18/h1-4,9-10,14H,5-8,11H2. The molecule has 0 bridgehead atoms. The summed E-state index contributed by atoms with van der Waals surface area (Å²) in [5.74, 6) is 0.448. The van der Waals surface area contributed by atoms with Crippen LogP contribution in [-0.2, 0) is 16.4 Å². The van der Waals surface area contributed by atoms with Crippen molar-refractivity contribution < 1.29 is 17.5 Å². The lowest BCUT2D eigenvalue weighted by molar-refractivity contribution is 0.357. The minimum atomic E-state index is -3.67. The Bertz CT molecular complexity index is 932. The molecule has 0 aliphatic carbocycles. The van der Waals surface area contributed by atoms with Gasteiger partial charge in [-0.1, -0.05) is 23.7 Å². The molecular weight excluding hydrogens is 365 g/mol. The zero-order valence-electron chi connectivity index (χ0n) is 13.4. The molecule has 2 aromatic carbocycles. The van der Waals surface area contributed by atoms with E-state index in [0.29, 0.717) is 19.7 Å². The number of fused-ring (bicyclic) bond motifs is 1. The molecule has 0 N–H and O–H groups in total. The van der Waals surface area contributed by atoms with E-state index in [9.17, 15) is 12.8 Å². The highest BCUT2D eigenvalue weighted by atomic mass is 35.5. The maximum absolute atomic E-state index is 13.3. The van der Waals surface area contributed by atoms with Gasteiger partial charge in [-0.25, -0.2) is 12.8 Å². The van der Waals surface area contributed by atoms with Crippen molar-refractivity contribution in [2.24, 2.45) is 0 Å². The van der Waals surface area contributed by atoms with Crippen molar-refractivity contribution in [1.82, 2.24) is 4.31 Å². The van der Waals surface area contributed by atoms with E-state index < -0.39 is 15.8 Å². The number of hydrogen-bond donors (Lipinski definition) is 0. The fourth-order valence-corrected chi connectivity index (χ4v) is 5.24. The van der Waals surface area contributed by atoms with Crippen molar-refractivity contribution in [3.05, 3.63) is 58.4 Å². The molecule has 0 radical (unpaired) electrons. The summed E-state index contributed by atoms with van der Waals surface area (Å²) < 4.78 is 45.8. The molecule has 1 atom stereocenters. The Morgan fingerprint density at radius 1 is 1.20 bits per heavy atom. The molecule has 2 aromatic rings. The fourth-order valence-electron chi connectivity index (χ4n) is 3.47. The van der Waals surface area contributed by atoms with E-state index in [1.165, 1.54) is 22.0 Å². The molecule has 4 rings (SSSR count). The molecule has 2 aliphatic rings. The normalized spacial score (nSPS) is 20.5. The van der Waals surface area contributed by atoms with Crippen molar-refractivity contribution in [2.45, 2.75) is 23.7 Å². The summed E-state index contributed by atoms with van der Waals surface area (Å²) in [6.45, 7) is 1.56. The van der Waals surface area contributed by atoms with Gasteiger partial charge in [-0.2, -0.15) is 4.31 Å². The molecule has 2 heterocycles. The second-order valence-electron chi connectivity index (χ2n) is 6.39. The van der Waals surface area contributed by atoms with Gasteiger partial charge in [0.25, 0.3) is 0 Å². The predicted molar refractivity (Wildman–Crippen MR) is 93.2 cm³/mol. The van der Waals surface area contributed by atoms with Gasteiger partial charge in [0.15, 0.2) is 0 Å². The second kappa shape index (κ2) is 6.27. The van der Waals surface area contributed by atoms with Crippen molar-refractivity contribution in [3.8, 4) is 5.75 Å². The van der Waals surface area contributed by atoms with Crippen LogP contribution in [0.3, 0.4) is 0 Å². The Labute approximate surface area is 151 Å². The van der Waals surface area contributed by atoms with Gasteiger partial charge in [0, 0.05) is 19.5 Å². The molecule has 4 nitrogen and oxygen atoms in total. The Kier molecular flexibility index (Phi) is 4.22. The van der Waals surface area contributed by atoms with E-state index in [0.717, 1.165) is 30.2 Å². The lowest BCUT2D eigenvalue weighted by Gasteiger charge is -2.17. The monoisotopic (exact) mass is 381 g/mol. The molecule has 1 unspecified atom stereocenters. The van der Waals surface area contributed by atoms with Gasteiger partial charge in [-0.15, -0.1) is 0 Å². The van der Waals surface area contributed by atoms with Crippen LogP contribution in [0, 0.1) is 5.82 Å². The van der Waals surface area contributed by atoms with Crippen LogP contribution < -0.4 is 4.74 Å². The highest BCUT2D eigenvalue weighted by Gasteiger charge is 2.34. The van der Waals surface area contributed by atoms with E-state index in [1.807, 2.05) is 12.1 Å². The quantitative estimate of drug-likeness (QED) is 0.816. The van der Waals surface area contributed by atoms with Crippen LogP contribution in [0.1, 0.15) is 23.5 Å². The van der Waals surface area contributed by atoms with Gasteiger partial charge in [0.1, 0.15) is 11.6 Å². The molecule has 7 heteroatoms. The van der Waals surface area contributed by atoms with Gasteiger partial charge in [-0.05, 0) is 47.7 Å². The van der Waals surface area contributed by atoms with Crippen LogP contribution >= 0.6 is 11.6 Å². The van der Waals surface area contributed by atoms with E-state index in [1.54, 1.807) is 0 Å². The van der Waals surface area contributed by atoms with Gasteiger partial charge in [0.2, 0.25) is 10.0 Å². The minimum absolute atomic E-state index is 0.0295. The molecule has 0 saturated carbocycles. The molecule has 0 aromatic heterocycles. The summed E-state index contributed by atoms with van der Waals surface area (Å²) in [5, 5.41) is -0.185. The van der Waals surface area contributed by atoms with Crippen molar-refractivity contribution in [1.29, 1.82) is 0 Å². The summed E-state index contributed by atoms with van der Waals surface area (Å²) in [5.41, 5.74) is 2.32. The lowest BCUT2D eigenvalue weighted by Crippen LogP contribution is -2.28. The number of rotatable bonds is 3. The molecule has 0 spiro atoms. The number of hydrogen-bond acceptors (Lipinski definition) is 3. The van der Waals surface area contributed by atoms with Crippen molar-refractivity contribution in [3.63, 3.8) is 0 Å². The highest BCUT2D eigenvalue weighted by molar-refractivity contribution is 7.89. The fraction of sp³-hybridized carbons (Fsp3) is 0.333. The van der Waals surface area contributed by atoms with Gasteiger partial charge < -0.3 is 4.74 Å². The Morgan fingerprint density at radius 2 is 2.04 bits per heavy atom. The summed E-state index contributed by atoms with van der Waals surface area (Å²) >= 11 is 5.74. The first-order valence-electron chi connectivity index (χ1n) is 8.16. The van der Waals surface area contributed by atoms with Crippen molar-refractivity contribution in [2.75, 3.05) is 19.7 Å². The topological polar surface area (TPSA) is 46.6 Å². The molecule has 0 amide bonds. The first-order valence-corrected chi connectivity index (χ1v) is 9.98. The van der Waals surface area contributed by atoms with E-state index in [4.69, 9.17) is 16.3 Å². The largest absolute Gasteiger partial charge is 0.493 e. The Morgan fingerprint density at radius 3 is 2.84 bits per heavy atom. The first-order chi connectivity index (χ1) is 11.9. The molecular formula is C18H17ClFNO3S. The van der Waals surface area contributed by atoms with Crippen LogP contribution in [0.4, 0.5) is 4.39 Å². The summed E-state index contributed by atoms with van der Waals surface area (Å²) in [6, 6.07) is 9.62. The third-order valence-electron chi connectivity index (χ3n) is 4.86. The molecule has 1 fully saturated rings. The predicted octanol–water partition coefficient (Wildman–Crippen LogP) is 3.59. The third kappa shape index (κ3) is 3.03. The van der Waals surface area contributed by atoms with Gasteiger partial charge in [0.05, 0.1) is 16.5 Å². The molecule has 1 saturated heterocycles. The van der Waals surface area contributed by atoms with Crippen LogP contribution in [0.2, 0.25) is 5.02 Å². The second-order valence-corrected chi connectivity index (χ2v) is 8.74. The van der Waals surface area contributed by atoms with Crippen LogP contribution in [-0.4, -0.2) is 32.4 Å². The minimum Gasteiger partial charge on any atom is -0.493 e. The Hall–Kier alpha value is -1.63. The maximum atomic E-state index is 13.3. The Balaban J connectivity index is 1.56. The smallest absolute Gasteiger partial charge is 0.243 e. The van der Waals surface area contributed by atoms with Crippen molar-refractivity contribution >= 4 is 21.6 Å². The van der Waals surface area contributed by atoms with Gasteiger partial charge in [-0.3, -0.25) is 0 Å². The average Bonchev–Trinajstić information content (AvgIpc) is 3.25. The average molecular weight is 382 g/mol. The highest BCUT2D eigenvalue weighted by Crippen LogP contribution is 2.35. The van der Waals surface area contributed by atoms with E-state index in [2.05, 4.69) is 6.07 Å². The molecule has 132 valence electrons. The van der Waals surface area contributed by atoms with Crippen LogP contribution in [0.5, 0.6) is 5.75 Å². The first kappa shape index (κ1) is 16.8. The number of benzene rings is 2. The SMILES string of the molecule is O=S(=O)(c1ccc(F)c(Cl)c1)N1CCC(c2ccc3c(c2)CCO3)C1. The maximum Gasteiger partial charge on any atom is 0.243 e. The zero-order chi connectivity index (χ0) is 17.6. The van der Waals surface area contributed by atoms with Crippen LogP contribution in [0.15, 0.2) is 41.3 Å². The summed E-state index contributed by atoms with van der Waals surface area (Å²) in [4.78, 5) is 0.0295. The number of ether oxygens (including phenoxy) is 1.